The molecule has 1 aromatic rings. The summed E-state index contributed by atoms with van der Waals surface area (Å²) in [5.74, 6) is 0. The van der Waals surface area contributed by atoms with Crippen LogP contribution in [0.1, 0.15) is 13.3 Å². The van der Waals surface area contributed by atoms with Gasteiger partial charge in [-0.1, -0.05) is 31.2 Å². The van der Waals surface area contributed by atoms with Crippen molar-refractivity contribution in [2.75, 3.05) is 32.8 Å². The van der Waals surface area contributed by atoms with Gasteiger partial charge in [-0.15, -0.1) is 0 Å². The van der Waals surface area contributed by atoms with E-state index in [1.165, 1.54) is 0 Å². The van der Waals surface area contributed by atoms with Crippen LogP contribution in [-0.2, 0) is 0 Å². The summed E-state index contributed by atoms with van der Waals surface area (Å²) < 4.78 is 0. The molecule has 1 atom stereocenters. The molecule has 6 nitrogen and oxygen atoms in total. The topological polar surface area (TPSA) is 85.3 Å². The van der Waals surface area contributed by atoms with Crippen molar-refractivity contribution in [2.24, 2.45) is 5.41 Å². The Labute approximate surface area is 119 Å². The number of aromatic nitrogens is 3. The van der Waals surface area contributed by atoms with Gasteiger partial charge in [-0.3, -0.25) is 4.90 Å². The Bertz CT molecular complexity index is 369. The van der Waals surface area contributed by atoms with Crippen molar-refractivity contribution in [1.82, 2.24) is 20.3 Å². The summed E-state index contributed by atoms with van der Waals surface area (Å²) in [6, 6.07) is 0. The molecule has 1 heterocycles. The summed E-state index contributed by atoms with van der Waals surface area (Å²) in [7, 11) is 0. The van der Waals surface area contributed by atoms with E-state index in [0.29, 0.717) is 13.1 Å². The molecule has 1 aromatic heterocycles. The highest BCUT2D eigenvalue weighted by Crippen LogP contribution is 2.27. The smallest absolute Gasteiger partial charge is 0.0690 e. The Morgan fingerprint density at radius 3 is 2.20 bits per heavy atom. The van der Waals surface area contributed by atoms with E-state index in [9.17, 15) is 0 Å². The van der Waals surface area contributed by atoms with E-state index in [-0.39, 0.29) is 18.6 Å². The molecule has 0 spiro atoms. The molecule has 1 unspecified atom stereocenters. The van der Waals surface area contributed by atoms with Gasteiger partial charge < -0.3 is 10.2 Å². The van der Waals surface area contributed by atoms with Crippen LogP contribution < -0.4 is 0 Å². The fourth-order valence-corrected chi connectivity index (χ4v) is 2.12. The van der Waals surface area contributed by atoms with Crippen LogP contribution in [0, 0.1) is 5.41 Å². The minimum Gasteiger partial charge on any atom is -0.395 e. The minimum atomic E-state index is 0.138. The molecule has 0 radical (unpaired) electrons. The summed E-state index contributed by atoms with van der Waals surface area (Å²) >= 11 is 0. The maximum absolute atomic E-state index is 8.92. The first-order chi connectivity index (χ1) is 9.70. The van der Waals surface area contributed by atoms with Crippen LogP contribution in [0.3, 0.4) is 0 Å². The molecule has 0 saturated heterocycles. The number of aliphatic hydroxyl groups is 2. The Hall–Kier alpha value is -1.50. The van der Waals surface area contributed by atoms with Gasteiger partial charge in [-0.05, 0) is 6.42 Å². The van der Waals surface area contributed by atoms with Crippen molar-refractivity contribution in [3.8, 4) is 0 Å². The summed E-state index contributed by atoms with van der Waals surface area (Å²) in [5.41, 5.74) is 0.138. The zero-order valence-electron chi connectivity index (χ0n) is 11.9. The number of nitrogens with zero attached hydrogens (tertiary/aromatic N) is 3. The molecule has 6 heteroatoms. The summed E-state index contributed by atoms with van der Waals surface area (Å²) in [6.07, 6.45) is 12.7. The van der Waals surface area contributed by atoms with Gasteiger partial charge in [-0.2, -0.15) is 15.4 Å². The molecular weight excluding hydrogens is 256 g/mol. The molecule has 0 aliphatic heterocycles. The molecule has 0 amide bonds. The monoisotopic (exact) mass is 280 g/mol. The van der Waals surface area contributed by atoms with E-state index in [1.54, 1.807) is 12.4 Å². The lowest BCUT2D eigenvalue weighted by Gasteiger charge is -2.33. The number of nitrogens with one attached hydrogen (secondary N) is 1. The average molecular weight is 280 g/mol. The van der Waals surface area contributed by atoms with Crippen LogP contribution in [0.15, 0.2) is 36.7 Å². The number of hydrogen-bond donors (Lipinski definition) is 3. The third-order valence-electron chi connectivity index (χ3n) is 3.08. The lowest BCUT2D eigenvalue weighted by Crippen LogP contribution is -2.38. The highest BCUT2D eigenvalue weighted by atomic mass is 16.3. The number of hydrogen-bond acceptors (Lipinski definition) is 5. The molecule has 1 aliphatic rings. The van der Waals surface area contributed by atoms with E-state index >= 15 is 0 Å². The van der Waals surface area contributed by atoms with Crippen LogP contribution in [-0.4, -0.2) is 63.4 Å². The SMILES string of the molecule is CC1(CN(CCO)CCO)C=CC=CC1.c1cn[nH]n1. The van der Waals surface area contributed by atoms with E-state index < -0.39 is 0 Å². The third kappa shape index (κ3) is 6.60. The van der Waals surface area contributed by atoms with Crippen LogP contribution in [0.25, 0.3) is 0 Å². The molecule has 3 N–H and O–H groups in total. The van der Waals surface area contributed by atoms with Gasteiger partial charge >= 0.3 is 0 Å². The maximum atomic E-state index is 8.92. The second-order valence-corrected chi connectivity index (χ2v) is 5.03. The lowest BCUT2D eigenvalue weighted by molar-refractivity contribution is 0.130. The van der Waals surface area contributed by atoms with E-state index in [4.69, 9.17) is 10.2 Å². The summed E-state index contributed by atoms with van der Waals surface area (Å²) in [6.45, 7) is 4.65. The highest BCUT2D eigenvalue weighted by Gasteiger charge is 2.23. The number of aromatic amines is 1. The fourth-order valence-electron chi connectivity index (χ4n) is 2.12. The van der Waals surface area contributed by atoms with Gasteiger partial charge in [0.25, 0.3) is 0 Å². The first kappa shape index (κ1) is 16.6. The molecule has 0 fully saturated rings. The Morgan fingerprint density at radius 2 is 1.80 bits per heavy atom. The predicted molar refractivity (Wildman–Crippen MR) is 78.0 cm³/mol. The molecular formula is C14H24N4O2. The van der Waals surface area contributed by atoms with Crippen molar-refractivity contribution >= 4 is 0 Å². The van der Waals surface area contributed by atoms with Gasteiger partial charge in [0, 0.05) is 25.0 Å². The quantitative estimate of drug-likeness (QED) is 0.710. The number of aliphatic hydroxyl groups excluding tert-OH is 2. The van der Waals surface area contributed by atoms with Crippen LogP contribution in [0.2, 0.25) is 0 Å². The first-order valence-corrected chi connectivity index (χ1v) is 6.78. The number of rotatable bonds is 6. The van der Waals surface area contributed by atoms with Crippen LogP contribution in [0.5, 0.6) is 0 Å². The number of H-pyrrole nitrogens is 1. The molecule has 112 valence electrons. The Morgan fingerprint density at radius 1 is 1.15 bits per heavy atom. The third-order valence-corrected chi connectivity index (χ3v) is 3.08. The number of allylic oxidation sites excluding steroid dienone is 3. The zero-order valence-corrected chi connectivity index (χ0v) is 11.9. The van der Waals surface area contributed by atoms with Gasteiger partial charge in [0.2, 0.25) is 0 Å². The predicted octanol–water partition coefficient (Wildman–Crippen LogP) is 0.600. The van der Waals surface area contributed by atoms with Gasteiger partial charge in [0.15, 0.2) is 0 Å². The van der Waals surface area contributed by atoms with Crippen molar-refractivity contribution in [3.63, 3.8) is 0 Å². The van der Waals surface area contributed by atoms with Gasteiger partial charge in [0.1, 0.15) is 0 Å². The Kier molecular flexibility index (Phi) is 7.79. The second kappa shape index (κ2) is 9.41. The fraction of sp³-hybridized carbons (Fsp3) is 0.571. The van der Waals surface area contributed by atoms with Gasteiger partial charge in [-0.25, -0.2) is 0 Å². The van der Waals surface area contributed by atoms with Crippen molar-refractivity contribution in [2.45, 2.75) is 13.3 Å². The maximum Gasteiger partial charge on any atom is 0.0690 e. The van der Waals surface area contributed by atoms with E-state index in [2.05, 4.69) is 51.5 Å². The molecule has 0 aromatic carbocycles. The van der Waals surface area contributed by atoms with E-state index in [1.807, 2.05) is 0 Å². The van der Waals surface area contributed by atoms with Gasteiger partial charge in [0.05, 0.1) is 25.6 Å². The van der Waals surface area contributed by atoms with Crippen LogP contribution in [0.4, 0.5) is 0 Å². The zero-order chi connectivity index (χ0) is 14.7. The van der Waals surface area contributed by atoms with Crippen molar-refractivity contribution < 1.29 is 10.2 Å². The molecule has 0 saturated carbocycles. The largest absolute Gasteiger partial charge is 0.395 e. The summed E-state index contributed by atoms with van der Waals surface area (Å²) in [4.78, 5) is 2.10. The molecule has 20 heavy (non-hydrogen) atoms. The standard InChI is InChI=1S/C12H21NO2.C2H3N3/c1-12(5-3-2-4-6-12)11-13(7-9-14)8-10-15;1-2-4-5-3-1/h2-5,14-15H,6-11H2,1H3;1-2H,(H,3,4,5). The van der Waals surface area contributed by atoms with Crippen LogP contribution >= 0.6 is 0 Å². The molecule has 0 bridgehead atoms. The molecule has 2 rings (SSSR count). The Balaban J connectivity index is 0.000000333. The molecule has 1 aliphatic carbocycles. The lowest BCUT2D eigenvalue weighted by atomic mass is 9.83. The van der Waals surface area contributed by atoms with Crippen molar-refractivity contribution in [3.05, 3.63) is 36.7 Å². The normalized spacial score (nSPS) is 20.8. The first-order valence-electron chi connectivity index (χ1n) is 6.78. The minimum absolute atomic E-state index is 0.138. The van der Waals surface area contributed by atoms with E-state index in [0.717, 1.165) is 13.0 Å². The average Bonchev–Trinajstić information content (AvgIpc) is 2.99. The second-order valence-electron chi connectivity index (χ2n) is 5.03. The van der Waals surface area contributed by atoms with Crippen molar-refractivity contribution in [1.29, 1.82) is 0 Å². The highest BCUT2D eigenvalue weighted by molar-refractivity contribution is 5.16. The summed E-state index contributed by atoms with van der Waals surface area (Å²) in [5, 5.41) is 27.2.